The second kappa shape index (κ2) is 7.43. The summed E-state index contributed by atoms with van der Waals surface area (Å²) < 4.78 is 0. The molecule has 3 aromatic carbocycles. The fraction of sp³-hybridized carbons (Fsp3) is 0.125. The maximum atomic E-state index is 13.3. The second-order valence-corrected chi connectivity index (χ2v) is 13.1. The van der Waals surface area contributed by atoms with E-state index in [4.69, 9.17) is 11.2 Å². The Bertz CT molecular complexity index is 850. The van der Waals surface area contributed by atoms with Crippen LogP contribution in [0.15, 0.2) is 103 Å². The summed E-state index contributed by atoms with van der Waals surface area (Å²) in [5.41, 5.74) is 0. The minimum absolute atomic E-state index is 0.000717. The molecule has 0 heterocycles. The van der Waals surface area contributed by atoms with Crippen LogP contribution in [-0.2, 0) is 4.79 Å². The molecule has 3 rings (SSSR count). The van der Waals surface area contributed by atoms with E-state index in [1.54, 1.807) is 0 Å². The molecule has 0 aliphatic rings. The molecular formula is C24H24ClOP. The van der Waals surface area contributed by atoms with Crippen LogP contribution in [-0.4, -0.2) is 5.78 Å². The van der Waals surface area contributed by atoms with Crippen molar-refractivity contribution in [3.63, 3.8) is 0 Å². The van der Waals surface area contributed by atoms with E-state index in [-0.39, 0.29) is 11.7 Å². The van der Waals surface area contributed by atoms with Gasteiger partial charge in [-0.15, -0.1) is 0 Å². The van der Waals surface area contributed by atoms with Crippen molar-refractivity contribution in [1.29, 1.82) is 0 Å². The van der Waals surface area contributed by atoms with Gasteiger partial charge in [-0.3, -0.25) is 0 Å². The van der Waals surface area contributed by atoms with Gasteiger partial charge in [0.05, 0.1) is 0 Å². The van der Waals surface area contributed by atoms with E-state index in [1.807, 2.05) is 105 Å². The van der Waals surface area contributed by atoms with Crippen molar-refractivity contribution in [2.45, 2.75) is 13.8 Å². The SMILES string of the molecule is C=C(C(=O)C(C)C)P(Cl)(c1ccccc1)(c1ccccc1)c1ccccc1. The van der Waals surface area contributed by atoms with Gasteiger partial charge >= 0.3 is 166 Å². The molecule has 0 aliphatic carbocycles. The average Bonchev–Trinajstić information content (AvgIpc) is 2.74. The fourth-order valence-electron chi connectivity index (χ4n) is 3.58. The normalized spacial score (nSPS) is 13.0. The Morgan fingerprint density at radius 2 is 1.04 bits per heavy atom. The van der Waals surface area contributed by atoms with Crippen LogP contribution in [0.1, 0.15) is 13.8 Å². The Morgan fingerprint density at radius 1 is 0.741 bits per heavy atom. The fourth-order valence-corrected chi connectivity index (χ4v) is 9.54. The van der Waals surface area contributed by atoms with Crippen LogP contribution in [0.25, 0.3) is 0 Å². The number of halogens is 1. The van der Waals surface area contributed by atoms with Crippen LogP contribution < -0.4 is 15.9 Å². The van der Waals surface area contributed by atoms with Gasteiger partial charge in [0.1, 0.15) is 0 Å². The number of Topliss-reactive ketones (excluding diaryl/α,β-unsaturated/α-hetero) is 1. The van der Waals surface area contributed by atoms with E-state index < -0.39 is 5.96 Å². The summed E-state index contributed by atoms with van der Waals surface area (Å²) in [7, 11) is 0. The Kier molecular flexibility index (Phi) is 5.38. The summed E-state index contributed by atoms with van der Waals surface area (Å²) in [5.74, 6) is -3.93. The monoisotopic (exact) mass is 394 g/mol. The number of allylic oxidation sites excluding steroid dienone is 1. The van der Waals surface area contributed by atoms with Crippen molar-refractivity contribution in [1.82, 2.24) is 0 Å². The van der Waals surface area contributed by atoms with Crippen molar-refractivity contribution in [2.24, 2.45) is 5.92 Å². The summed E-state index contributed by atoms with van der Waals surface area (Å²) in [4.78, 5) is 13.3. The third-order valence-electron chi connectivity index (χ3n) is 5.04. The molecule has 0 bridgehead atoms. The number of carbonyl (C=O) groups excluding carboxylic acids is 1. The molecule has 0 spiro atoms. The van der Waals surface area contributed by atoms with Crippen molar-refractivity contribution in [3.05, 3.63) is 103 Å². The molecule has 0 aliphatic heterocycles. The maximum absolute atomic E-state index is 13.3. The summed E-state index contributed by atoms with van der Waals surface area (Å²) in [6.45, 7) is 8.12. The van der Waals surface area contributed by atoms with E-state index in [1.165, 1.54) is 0 Å². The molecule has 0 radical (unpaired) electrons. The molecule has 0 saturated carbocycles. The third kappa shape index (κ3) is 2.96. The zero-order valence-corrected chi connectivity index (χ0v) is 17.3. The molecule has 1 nitrogen and oxygen atoms in total. The number of hydrogen-bond acceptors (Lipinski definition) is 1. The Balaban J connectivity index is 2.51. The van der Waals surface area contributed by atoms with E-state index >= 15 is 0 Å². The molecule has 0 unspecified atom stereocenters. The number of carbonyl (C=O) groups is 1. The van der Waals surface area contributed by atoms with Crippen LogP contribution in [0, 0.1) is 5.92 Å². The van der Waals surface area contributed by atoms with Crippen molar-refractivity contribution >= 4 is 38.9 Å². The minimum atomic E-state index is -3.74. The molecule has 0 atom stereocenters. The molecule has 0 saturated heterocycles. The topological polar surface area (TPSA) is 17.1 Å². The Hall–Kier alpha value is -2.21. The van der Waals surface area contributed by atoms with Gasteiger partial charge in [-0.05, 0) is 0 Å². The number of benzene rings is 3. The van der Waals surface area contributed by atoms with Gasteiger partial charge in [0.15, 0.2) is 0 Å². The molecule has 0 amide bonds. The Morgan fingerprint density at radius 3 is 1.30 bits per heavy atom. The first kappa shape index (κ1) is 19.5. The van der Waals surface area contributed by atoms with Gasteiger partial charge in [-0.25, -0.2) is 0 Å². The summed E-state index contributed by atoms with van der Waals surface area (Å²) >= 11 is 7.87. The predicted octanol–water partition coefficient (Wildman–Crippen LogP) is 5.41. The molecule has 0 N–H and O–H groups in total. The number of ketones is 1. The zero-order valence-electron chi connectivity index (χ0n) is 15.7. The molecule has 3 aromatic rings. The quantitative estimate of drug-likeness (QED) is 0.403. The van der Waals surface area contributed by atoms with Crippen LogP contribution in [0.4, 0.5) is 0 Å². The van der Waals surface area contributed by atoms with Crippen molar-refractivity contribution in [2.75, 3.05) is 0 Å². The first-order valence-electron chi connectivity index (χ1n) is 9.05. The van der Waals surface area contributed by atoms with Gasteiger partial charge in [0, 0.05) is 0 Å². The first-order chi connectivity index (χ1) is 12.9. The molecule has 0 aromatic heterocycles. The van der Waals surface area contributed by atoms with Crippen molar-refractivity contribution < 1.29 is 4.79 Å². The molecule has 3 heteroatoms. The molecule has 27 heavy (non-hydrogen) atoms. The average molecular weight is 395 g/mol. The number of rotatable bonds is 6. The van der Waals surface area contributed by atoms with Crippen LogP contribution in [0.2, 0.25) is 0 Å². The predicted molar refractivity (Wildman–Crippen MR) is 120 cm³/mol. The van der Waals surface area contributed by atoms with Crippen molar-refractivity contribution in [3.8, 4) is 0 Å². The molecular weight excluding hydrogens is 371 g/mol. The second-order valence-electron chi connectivity index (χ2n) is 6.98. The first-order valence-corrected chi connectivity index (χ1v) is 12.2. The summed E-state index contributed by atoms with van der Waals surface area (Å²) in [6, 6.07) is 29.8. The van der Waals surface area contributed by atoms with Gasteiger partial charge in [0.2, 0.25) is 0 Å². The van der Waals surface area contributed by atoms with Gasteiger partial charge in [-0.2, -0.15) is 0 Å². The molecule has 0 fully saturated rings. The third-order valence-corrected chi connectivity index (χ3v) is 12.4. The van der Waals surface area contributed by atoms with Crippen LogP contribution >= 0.6 is 17.2 Å². The van der Waals surface area contributed by atoms with E-state index in [9.17, 15) is 4.79 Å². The van der Waals surface area contributed by atoms with E-state index in [0.717, 1.165) is 15.9 Å². The van der Waals surface area contributed by atoms with E-state index in [0.29, 0.717) is 5.31 Å². The van der Waals surface area contributed by atoms with Gasteiger partial charge < -0.3 is 0 Å². The summed E-state index contributed by atoms with van der Waals surface area (Å²) in [5, 5.41) is 3.28. The number of hydrogen-bond donors (Lipinski definition) is 0. The van der Waals surface area contributed by atoms with Crippen LogP contribution in [0.3, 0.4) is 0 Å². The summed E-state index contributed by atoms with van der Waals surface area (Å²) in [6.07, 6.45) is 0. The van der Waals surface area contributed by atoms with E-state index in [2.05, 4.69) is 6.58 Å². The Labute approximate surface area is 166 Å². The molecule has 138 valence electrons. The standard InChI is InChI=1S/C24H24ClOP/c1-19(2)24(26)20(3)27(25,21-13-7-4-8-14-21,22-15-9-5-10-16-22)23-17-11-6-12-18-23/h4-19H,3H2,1-2H3. The zero-order chi connectivity index (χ0) is 19.5. The van der Waals surface area contributed by atoms with Gasteiger partial charge in [-0.1, -0.05) is 0 Å². The van der Waals surface area contributed by atoms with Crippen LogP contribution in [0.5, 0.6) is 0 Å². The van der Waals surface area contributed by atoms with Gasteiger partial charge in [0.25, 0.3) is 0 Å².